The van der Waals surface area contributed by atoms with Crippen molar-refractivity contribution in [3.05, 3.63) is 21.3 Å². The lowest BCUT2D eigenvalue weighted by molar-refractivity contribution is -0.120. The van der Waals surface area contributed by atoms with Crippen LogP contribution in [0.25, 0.3) is 0 Å². The first-order valence-corrected chi connectivity index (χ1v) is 5.23. The van der Waals surface area contributed by atoms with E-state index in [4.69, 9.17) is 11.6 Å². The van der Waals surface area contributed by atoms with Crippen LogP contribution in [0.15, 0.2) is 11.4 Å². The van der Waals surface area contributed by atoms with Crippen molar-refractivity contribution in [2.45, 2.75) is 19.1 Å². The van der Waals surface area contributed by atoms with Crippen molar-refractivity contribution >= 4 is 28.8 Å². The van der Waals surface area contributed by atoms with Crippen molar-refractivity contribution in [3.8, 4) is 0 Å². The van der Waals surface area contributed by atoms with Crippen LogP contribution in [-0.2, 0) is 4.79 Å². The van der Waals surface area contributed by atoms with Crippen LogP contribution in [0, 0.1) is 0 Å². The van der Waals surface area contributed by atoms with Crippen molar-refractivity contribution in [1.82, 2.24) is 10.6 Å². The molecule has 0 spiro atoms. The maximum atomic E-state index is 11.2. The zero-order chi connectivity index (χ0) is 9.42. The fraction of sp³-hybridized carbons (Fsp3) is 0.375. The second-order valence-corrected chi connectivity index (χ2v) is 4.50. The highest BCUT2D eigenvalue weighted by Crippen LogP contribution is 2.28. The van der Waals surface area contributed by atoms with E-state index in [1.54, 1.807) is 0 Å². The Balaban J connectivity index is 2.21. The molecule has 0 saturated carbocycles. The molecule has 2 unspecified atom stereocenters. The maximum Gasteiger partial charge on any atom is 0.238 e. The molecule has 0 aromatic carbocycles. The summed E-state index contributed by atoms with van der Waals surface area (Å²) in [5.74, 6) is 0.0206. The number of nitrogens with one attached hydrogen (secondary N) is 2. The van der Waals surface area contributed by atoms with Crippen molar-refractivity contribution < 1.29 is 4.79 Å². The van der Waals surface area contributed by atoms with Gasteiger partial charge in [0, 0.05) is 5.56 Å². The van der Waals surface area contributed by atoms with E-state index in [1.165, 1.54) is 11.3 Å². The Morgan fingerprint density at radius 1 is 1.62 bits per heavy atom. The summed E-state index contributed by atoms with van der Waals surface area (Å²) in [5.41, 5.74) is 0.948. The SMILES string of the molecule is CC1NC(c2ccsc2Cl)NC1=O. The lowest BCUT2D eigenvalue weighted by Gasteiger charge is -2.08. The van der Waals surface area contributed by atoms with Gasteiger partial charge in [-0.2, -0.15) is 0 Å². The molecule has 0 bridgehead atoms. The summed E-state index contributed by atoms with van der Waals surface area (Å²) in [6, 6.07) is 1.78. The first-order valence-electron chi connectivity index (χ1n) is 3.98. The second kappa shape index (κ2) is 3.29. The van der Waals surface area contributed by atoms with Gasteiger partial charge in [0.05, 0.1) is 10.4 Å². The van der Waals surface area contributed by atoms with Gasteiger partial charge in [0.15, 0.2) is 0 Å². The van der Waals surface area contributed by atoms with E-state index in [2.05, 4.69) is 10.6 Å². The fourth-order valence-corrected chi connectivity index (χ4v) is 2.29. The molecule has 1 aliphatic rings. The Hall–Kier alpha value is -0.580. The first-order chi connectivity index (χ1) is 6.18. The van der Waals surface area contributed by atoms with Crippen LogP contribution in [-0.4, -0.2) is 11.9 Å². The van der Waals surface area contributed by atoms with E-state index < -0.39 is 0 Å². The standard InChI is InChI=1S/C8H9ClN2OS/c1-4-8(12)11-7(10-4)5-2-3-13-6(5)9/h2-4,7,10H,1H3,(H,11,12). The molecule has 1 aromatic rings. The zero-order valence-corrected chi connectivity index (χ0v) is 8.58. The number of hydrogen-bond acceptors (Lipinski definition) is 3. The van der Waals surface area contributed by atoms with Crippen LogP contribution < -0.4 is 10.6 Å². The smallest absolute Gasteiger partial charge is 0.238 e. The normalized spacial score (nSPS) is 27.7. The van der Waals surface area contributed by atoms with Gasteiger partial charge in [-0.25, -0.2) is 0 Å². The summed E-state index contributed by atoms with van der Waals surface area (Å²) in [7, 11) is 0. The lowest BCUT2D eigenvalue weighted by Crippen LogP contribution is -2.24. The summed E-state index contributed by atoms with van der Waals surface area (Å²) in [6.07, 6.45) is -0.124. The van der Waals surface area contributed by atoms with Crippen LogP contribution in [0.4, 0.5) is 0 Å². The van der Waals surface area contributed by atoms with Crippen molar-refractivity contribution in [1.29, 1.82) is 0 Å². The number of amides is 1. The average Bonchev–Trinajstić information content (AvgIpc) is 2.60. The molecule has 70 valence electrons. The molecule has 0 aliphatic carbocycles. The summed E-state index contributed by atoms with van der Waals surface area (Å²) in [4.78, 5) is 11.2. The molecule has 1 saturated heterocycles. The highest BCUT2D eigenvalue weighted by Gasteiger charge is 2.29. The molecule has 2 atom stereocenters. The van der Waals surface area contributed by atoms with Gasteiger partial charge >= 0.3 is 0 Å². The molecule has 1 fully saturated rings. The van der Waals surface area contributed by atoms with Gasteiger partial charge in [-0.3, -0.25) is 10.1 Å². The van der Waals surface area contributed by atoms with Crippen LogP contribution in [0.1, 0.15) is 18.7 Å². The molecule has 2 heterocycles. The minimum Gasteiger partial charge on any atom is -0.335 e. The van der Waals surface area contributed by atoms with E-state index in [9.17, 15) is 4.79 Å². The number of carbonyl (C=O) groups excluding carboxylic acids is 1. The van der Waals surface area contributed by atoms with Crippen molar-refractivity contribution in [2.75, 3.05) is 0 Å². The summed E-state index contributed by atoms with van der Waals surface area (Å²) in [6.45, 7) is 1.83. The summed E-state index contributed by atoms with van der Waals surface area (Å²) < 4.78 is 0.729. The molecule has 0 radical (unpaired) electrons. The van der Waals surface area contributed by atoms with E-state index >= 15 is 0 Å². The highest BCUT2D eigenvalue weighted by atomic mass is 35.5. The van der Waals surface area contributed by atoms with Gasteiger partial charge in [0.1, 0.15) is 6.17 Å². The molecule has 2 rings (SSSR count). The number of thiophene rings is 1. The topological polar surface area (TPSA) is 41.1 Å². The van der Waals surface area contributed by atoms with Crippen LogP contribution in [0.2, 0.25) is 4.34 Å². The summed E-state index contributed by atoms with van der Waals surface area (Å²) >= 11 is 7.41. The molecule has 3 nitrogen and oxygen atoms in total. The Bertz CT molecular complexity index is 339. The maximum absolute atomic E-state index is 11.2. The second-order valence-electron chi connectivity index (χ2n) is 2.98. The first kappa shape index (κ1) is 8.99. The quantitative estimate of drug-likeness (QED) is 0.747. The zero-order valence-electron chi connectivity index (χ0n) is 7.00. The number of rotatable bonds is 1. The average molecular weight is 217 g/mol. The Kier molecular flexibility index (Phi) is 2.27. The monoisotopic (exact) mass is 216 g/mol. The summed E-state index contributed by atoms with van der Waals surface area (Å²) in [5, 5.41) is 7.84. The third-order valence-corrected chi connectivity index (χ3v) is 3.25. The van der Waals surface area contributed by atoms with Gasteiger partial charge in [0.25, 0.3) is 0 Å². The van der Waals surface area contributed by atoms with E-state index in [0.29, 0.717) is 0 Å². The predicted molar refractivity (Wildman–Crippen MR) is 52.8 cm³/mol. The van der Waals surface area contributed by atoms with Crippen molar-refractivity contribution in [2.24, 2.45) is 0 Å². The molecule has 5 heteroatoms. The van der Waals surface area contributed by atoms with Gasteiger partial charge < -0.3 is 5.32 Å². The molecular formula is C8H9ClN2OS. The Morgan fingerprint density at radius 2 is 2.38 bits per heavy atom. The van der Waals surface area contributed by atoms with Gasteiger partial charge in [-0.15, -0.1) is 11.3 Å². The fourth-order valence-electron chi connectivity index (χ4n) is 1.31. The molecule has 2 N–H and O–H groups in total. The highest BCUT2D eigenvalue weighted by molar-refractivity contribution is 7.14. The molecule has 1 amide bonds. The molecule has 1 aliphatic heterocycles. The van der Waals surface area contributed by atoms with E-state index in [-0.39, 0.29) is 18.1 Å². The lowest BCUT2D eigenvalue weighted by atomic mass is 10.3. The number of hydrogen-bond donors (Lipinski definition) is 2. The Labute approximate surface area is 85.1 Å². The van der Waals surface area contributed by atoms with Crippen LogP contribution in [0.5, 0.6) is 0 Å². The number of carbonyl (C=O) groups is 1. The van der Waals surface area contributed by atoms with Gasteiger partial charge in [-0.05, 0) is 18.4 Å². The van der Waals surface area contributed by atoms with E-state index in [1.807, 2.05) is 18.4 Å². The third-order valence-electron chi connectivity index (χ3n) is 2.05. The minimum absolute atomic E-state index is 0.0206. The number of halogens is 1. The Morgan fingerprint density at radius 3 is 2.85 bits per heavy atom. The third kappa shape index (κ3) is 1.57. The van der Waals surface area contributed by atoms with Gasteiger partial charge in [-0.1, -0.05) is 11.6 Å². The van der Waals surface area contributed by atoms with Crippen LogP contribution in [0.3, 0.4) is 0 Å². The van der Waals surface area contributed by atoms with Crippen LogP contribution >= 0.6 is 22.9 Å². The molecular weight excluding hydrogens is 208 g/mol. The predicted octanol–water partition coefficient (Wildman–Crippen LogP) is 1.51. The van der Waals surface area contributed by atoms with E-state index in [0.717, 1.165) is 9.90 Å². The molecule has 13 heavy (non-hydrogen) atoms. The largest absolute Gasteiger partial charge is 0.335 e. The minimum atomic E-state index is -0.138. The molecule has 1 aromatic heterocycles. The van der Waals surface area contributed by atoms with Crippen molar-refractivity contribution in [3.63, 3.8) is 0 Å². The van der Waals surface area contributed by atoms with Gasteiger partial charge in [0.2, 0.25) is 5.91 Å².